The molecule has 0 amide bonds. The Labute approximate surface area is 123 Å². The van der Waals surface area contributed by atoms with Crippen LogP contribution in [0.25, 0.3) is 0 Å². The van der Waals surface area contributed by atoms with Gasteiger partial charge in [0.2, 0.25) is 0 Å². The van der Waals surface area contributed by atoms with Gasteiger partial charge in [-0.2, -0.15) is 0 Å². The van der Waals surface area contributed by atoms with E-state index in [1.807, 2.05) is 12.1 Å². The second-order valence-electron chi connectivity index (χ2n) is 6.09. The van der Waals surface area contributed by atoms with E-state index in [1.165, 1.54) is 51.0 Å². The molecule has 1 aromatic rings. The molecule has 2 saturated carbocycles. The first-order valence-corrected chi connectivity index (χ1v) is 8.23. The Balaban J connectivity index is 1.62. The van der Waals surface area contributed by atoms with Gasteiger partial charge in [0, 0.05) is 11.7 Å². The second kappa shape index (κ2) is 5.82. The van der Waals surface area contributed by atoms with E-state index in [0.29, 0.717) is 10.5 Å². The molecule has 0 bridgehead atoms. The lowest BCUT2D eigenvalue weighted by molar-refractivity contribution is 0.162. The van der Waals surface area contributed by atoms with E-state index in [2.05, 4.69) is 21.2 Å². The summed E-state index contributed by atoms with van der Waals surface area (Å²) >= 11 is 3.25. The average molecular weight is 326 g/mol. The molecule has 2 fully saturated rings. The topological polar surface area (TPSA) is 12.0 Å². The summed E-state index contributed by atoms with van der Waals surface area (Å²) in [6, 6.07) is 5.78. The molecular weight excluding hydrogens is 305 g/mol. The predicted octanol–water partition coefficient (Wildman–Crippen LogP) is 5.36. The van der Waals surface area contributed by atoms with Gasteiger partial charge >= 0.3 is 0 Å². The van der Waals surface area contributed by atoms with Crippen LogP contribution >= 0.6 is 15.9 Å². The SMILES string of the molecule is Fc1ccc(NC2CCC3CCCCC3C2)cc1Br. The van der Waals surface area contributed by atoms with Crippen LogP contribution in [0.3, 0.4) is 0 Å². The van der Waals surface area contributed by atoms with Gasteiger partial charge in [0.25, 0.3) is 0 Å². The van der Waals surface area contributed by atoms with Crippen molar-refractivity contribution in [3.05, 3.63) is 28.5 Å². The van der Waals surface area contributed by atoms with Gasteiger partial charge in [0.1, 0.15) is 5.82 Å². The minimum atomic E-state index is -0.193. The first-order chi connectivity index (χ1) is 9.22. The highest BCUT2D eigenvalue weighted by molar-refractivity contribution is 9.10. The fourth-order valence-corrected chi connectivity index (χ4v) is 4.20. The molecule has 3 atom stereocenters. The van der Waals surface area contributed by atoms with E-state index in [-0.39, 0.29) is 5.82 Å². The molecule has 2 aliphatic rings. The summed E-state index contributed by atoms with van der Waals surface area (Å²) in [5, 5.41) is 3.59. The molecule has 0 heterocycles. The minimum Gasteiger partial charge on any atom is -0.382 e. The number of benzene rings is 1. The molecule has 0 spiro atoms. The maximum Gasteiger partial charge on any atom is 0.137 e. The third kappa shape index (κ3) is 3.13. The summed E-state index contributed by atoms with van der Waals surface area (Å²) in [6.45, 7) is 0. The third-order valence-corrected chi connectivity index (χ3v) is 5.44. The number of anilines is 1. The molecule has 1 N–H and O–H groups in total. The van der Waals surface area contributed by atoms with Crippen LogP contribution in [0.15, 0.2) is 22.7 Å². The molecule has 0 aromatic heterocycles. The van der Waals surface area contributed by atoms with Crippen molar-refractivity contribution in [3.63, 3.8) is 0 Å². The van der Waals surface area contributed by atoms with Crippen LogP contribution in [0.4, 0.5) is 10.1 Å². The highest BCUT2D eigenvalue weighted by Crippen LogP contribution is 2.41. The molecule has 0 aliphatic heterocycles. The molecule has 2 aliphatic carbocycles. The summed E-state index contributed by atoms with van der Waals surface area (Å²) in [6.07, 6.45) is 9.62. The molecule has 3 unspecified atom stereocenters. The minimum absolute atomic E-state index is 0.193. The van der Waals surface area contributed by atoms with E-state index in [9.17, 15) is 4.39 Å². The first kappa shape index (κ1) is 13.4. The van der Waals surface area contributed by atoms with Crippen LogP contribution in [0, 0.1) is 17.7 Å². The van der Waals surface area contributed by atoms with Crippen molar-refractivity contribution in [3.8, 4) is 0 Å². The fraction of sp³-hybridized carbons (Fsp3) is 0.625. The molecule has 1 nitrogen and oxygen atoms in total. The molecule has 1 aromatic carbocycles. The molecule has 104 valence electrons. The zero-order valence-electron chi connectivity index (χ0n) is 11.2. The maximum atomic E-state index is 13.2. The van der Waals surface area contributed by atoms with Gasteiger partial charge in [-0.05, 0) is 65.2 Å². The lowest BCUT2D eigenvalue weighted by Gasteiger charge is -2.39. The van der Waals surface area contributed by atoms with Crippen molar-refractivity contribution in [2.75, 3.05) is 5.32 Å². The molecule has 3 rings (SSSR count). The van der Waals surface area contributed by atoms with Gasteiger partial charge in [-0.1, -0.05) is 25.7 Å². The molecule has 3 heteroatoms. The van der Waals surface area contributed by atoms with Crippen molar-refractivity contribution in [2.45, 2.75) is 51.0 Å². The van der Waals surface area contributed by atoms with E-state index in [1.54, 1.807) is 0 Å². The smallest absolute Gasteiger partial charge is 0.137 e. The van der Waals surface area contributed by atoms with Crippen LogP contribution in [-0.4, -0.2) is 6.04 Å². The standard InChI is InChI=1S/C16H21BrFN/c17-15-10-14(7-8-16(15)18)19-13-6-5-11-3-1-2-4-12(11)9-13/h7-8,10-13,19H,1-6,9H2. The number of nitrogens with one attached hydrogen (secondary N) is 1. The van der Waals surface area contributed by atoms with Crippen molar-refractivity contribution in [2.24, 2.45) is 11.8 Å². The van der Waals surface area contributed by atoms with Gasteiger partial charge in [-0.3, -0.25) is 0 Å². The second-order valence-corrected chi connectivity index (χ2v) is 6.94. The van der Waals surface area contributed by atoms with E-state index in [0.717, 1.165) is 17.5 Å². The summed E-state index contributed by atoms with van der Waals surface area (Å²) in [7, 11) is 0. The molecule has 19 heavy (non-hydrogen) atoms. The van der Waals surface area contributed by atoms with Crippen molar-refractivity contribution < 1.29 is 4.39 Å². The van der Waals surface area contributed by atoms with Crippen LogP contribution in [0.5, 0.6) is 0 Å². The van der Waals surface area contributed by atoms with Crippen LogP contribution in [-0.2, 0) is 0 Å². The van der Waals surface area contributed by atoms with Gasteiger partial charge in [0.15, 0.2) is 0 Å². The lowest BCUT2D eigenvalue weighted by Crippen LogP contribution is -2.34. The van der Waals surface area contributed by atoms with E-state index < -0.39 is 0 Å². The Hall–Kier alpha value is -0.570. The number of fused-ring (bicyclic) bond motifs is 1. The van der Waals surface area contributed by atoms with Crippen LogP contribution < -0.4 is 5.32 Å². The van der Waals surface area contributed by atoms with Crippen molar-refractivity contribution >= 4 is 21.6 Å². The zero-order valence-corrected chi connectivity index (χ0v) is 12.8. The average Bonchev–Trinajstić information content (AvgIpc) is 2.43. The van der Waals surface area contributed by atoms with Gasteiger partial charge in [-0.25, -0.2) is 4.39 Å². The molecule has 0 radical (unpaired) electrons. The Morgan fingerprint density at radius 3 is 2.63 bits per heavy atom. The van der Waals surface area contributed by atoms with Gasteiger partial charge in [0.05, 0.1) is 4.47 Å². The largest absolute Gasteiger partial charge is 0.382 e. The number of hydrogen-bond donors (Lipinski definition) is 1. The number of rotatable bonds is 2. The maximum absolute atomic E-state index is 13.2. The van der Waals surface area contributed by atoms with E-state index >= 15 is 0 Å². The van der Waals surface area contributed by atoms with Gasteiger partial charge < -0.3 is 5.32 Å². The Morgan fingerprint density at radius 1 is 1.05 bits per heavy atom. The highest BCUT2D eigenvalue weighted by Gasteiger charge is 2.31. The Morgan fingerprint density at radius 2 is 1.84 bits per heavy atom. The summed E-state index contributed by atoms with van der Waals surface area (Å²) < 4.78 is 13.8. The fourth-order valence-electron chi connectivity index (χ4n) is 3.83. The highest BCUT2D eigenvalue weighted by atomic mass is 79.9. The first-order valence-electron chi connectivity index (χ1n) is 7.44. The van der Waals surface area contributed by atoms with Gasteiger partial charge in [-0.15, -0.1) is 0 Å². The van der Waals surface area contributed by atoms with E-state index in [4.69, 9.17) is 0 Å². The van der Waals surface area contributed by atoms with Crippen molar-refractivity contribution in [1.82, 2.24) is 0 Å². The van der Waals surface area contributed by atoms with Crippen LogP contribution in [0.1, 0.15) is 44.9 Å². The normalized spacial score (nSPS) is 30.7. The van der Waals surface area contributed by atoms with Crippen LogP contribution in [0.2, 0.25) is 0 Å². The zero-order chi connectivity index (χ0) is 13.2. The quantitative estimate of drug-likeness (QED) is 0.771. The number of halogens is 2. The Kier molecular flexibility index (Phi) is 4.11. The Bertz CT molecular complexity index is 448. The molecular formula is C16H21BrFN. The predicted molar refractivity (Wildman–Crippen MR) is 80.8 cm³/mol. The lowest BCUT2D eigenvalue weighted by atomic mass is 9.69. The third-order valence-electron chi connectivity index (χ3n) is 4.83. The monoisotopic (exact) mass is 325 g/mol. The summed E-state index contributed by atoms with van der Waals surface area (Å²) in [5.74, 6) is 1.71. The summed E-state index contributed by atoms with van der Waals surface area (Å²) in [5.41, 5.74) is 1.03. The number of hydrogen-bond acceptors (Lipinski definition) is 1. The molecule has 0 saturated heterocycles. The van der Waals surface area contributed by atoms with Crippen molar-refractivity contribution in [1.29, 1.82) is 0 Å². The summed E-state index contributed by atoms with van der Waals surface area (Å²) in [4.78, 5) is 0.